The first-order valence-electron chi connectivity index (χ1n) is 9.24. The van der Waals surface area contributed by atoms with Crippen LogP contribution in [0.2, 0.25) is 0 Å². The normalized spacial score (nSPS) is 11.9. The number of carbonyl (C=O) groups is 2. The number of nitrogens with one attached hydrogen (secondary N) is 3. The van der Waals surface area contributed by atoms with Gasteiger partial charge in [0.2, 0.25) is 11.8 Å². The number of hydrogen-bond donors (Lipinski definition) is 3. The monoisotopic (exact) mass is 404 g/mol. The predicted molar refractivity (Wildman–Crippen MR) is 116 cm³/mol. The van der Waals surface area contributed by atoms with E-state index in [2.05, 4.69) is 20.6 Å². The predicted octanol–water partition coefficient (Wildman–Crippen LogP) is 4.50. The minimum atomic E-state index is -0.331. The summed E-state index contributed by atoms with van der Waals surface area (Å²) in [6, 6.07) is 18.9. The largest absolute Gasteiger partial charge is 0.348 e. The third-order valence-electron chi connectivity index (χ3n) is 4.49. The van der Waals surface area contributed by atoms with Crippen molar-refractivity contribution in [1.29, 1.82) is 0 Å². The van der Waals surface area contributed by atoms with Crippen LogP contribution in [0.5, 0.6) is 0 Å². The fraction of sp³-hybridized carbons (Fsp3) is 0.136. The maximum atomic E-state index is 12.5. The molecule has 29 heavy (non-hydrogen) atoms. The Morgan fingerprint density at radius 3 is 2.55 bits per heavy atom. The van der Waals surface area contributed by atoms with Crippen molar-refractivity contribution in [3.05, 3.63) is 70.9 Å². The molecule has 4 rings (SSSR count). The van der Waals surface area contributed by atoms with Gasteiger partial charge in [-0.15, -0.1) is 11.3 Å². The van der Waals surface area contributed by atoms with Gasteiger partial charge in [0.1, 0.15) is 5.82 Å². The molecule has 0 aliphatic carbocycles. The lowest BCUT2D eigenvalue weighted by molar-refractivity contribution is -0.120. The standard InChI is InChI=1S/C22H20N4O2S/c1-14(27)23-19(20-7-4-12-29-20)13-21(28)24-16-10-8-15(9-11-16)22-25-17-5-2-3-6-18(17)26-22/h2-12,19H,13H2,1H3,(H,23,27)(H,24,28)(H,25,26). The first-order chi connectivity index (χ1) is 14.1. The van der Waals surface area contributed by atoms with Gasteiger partial charge in [0.15, 0.2) is 0 Å². The summed E-state index contributed by atoms with van der Waals surface area (Å²) in [5, 5.41) is 7.67. The van der Waals surface area contributed by atoms with E-state index in [9.17, 15) is 9.59 Å². The first kappa shape index (κ1) is 18.9. The van der Waals surface area contributed by atoms with Crippen LogP contribution in [0, 0.1) is 0 Å². The van der Waals surface area contributed by atoms with Crippen molar-refractivity contribution in [1.82, 2.24) is 15.3 Å². The molecule has 0 bridgehead atoms. The fourth-order valence-corrected chi connectivity index (χ4v) is 3.93. The Hall–Kier alpha value is -3.45. The summed E-state index contributed by atoms with van der Waals surface area (Å²) < 4.78 is 0. The Morgan fingerprint density at radius 2 is 1.86 bits per heavy atom. The summed E-state index contributed by atoms with van der Waals surface area (Å²) in [7, 11) is 0. The summed E-state index contributed by atoms with van der Waals surface area (Å²) in [5.74, 6) is 0.465. The number of anilines is 1. The van der Waals surface area contributed by atoms with Crippen LogP contribution in [-0.4, -0.2) is 21.8 Å². The molecule has 0 aliphatic rings. The number of benzene rings is 2. The number of thiophene rings is 1. The average molecular weight is 404 g/mol. The van der Waals surface area contributed by atoms with E-state index in [0.29, 0.717) is 5.69 Å². The van der Waals surface area contributed by atoms with E-state index in [0.717, 1.165) is 27.3 Å². The van der Waals surface area contributed by atoms with Crippen LogP contribution < -0.4 is 10.6 Å². The van der Waals surface area contributed by atoms with E-state index in [1.54, 1.807) is 0 Å². The quantitative estimate of drug-likeness (QED) is 0.442. The highest BCUT2D eigenvalue weighted by atomic mass is 32.1. The Kier molecular flexibility index (Phi) is 5.39. The molecular formula is C22H20N4O2S. The SMILES string of the molecule is CC(=O)NC(CC(=O)Nc1ccc(-c2nc3ccccc3[nH]2)cc1)c1cccs1. The van der Waals surface area contributed by atoms with E-state index in [-0.39, 0.29) is 24.3 Å². The lowest BCUT2D eigenvalue weighted by Gasteiger charge is -2.16. The maximum Gasteiger partial charge on any atom is 0.226 e. The van der Waals surface area contributed by atoms with Crippen LogP contribution in [0.25, 0.3) is 22.4 Å². The highest BCUT2D eigenvalue weighted by Gasteiger charge is 2.18. The zero-order valence-corrected chi connectivity index (χ0v) is 16.6. The summed E-state index contributed by atoms with van der Waals surface area (Å²) in [5.41, 5.74) is 3.53. The van der Waals surface area contributed by atoms with Crippen LogP contribution in [0.15, 0.2) is 66.0 Å². The maximum absolute atomic E-state index is 12.5. The Morgan fingerprint density at radius 1 is 1.07 bits per heavy atom. The van der Waals surface area contributed by atoms with Crippen molar-refractivity contribution in [3.63, 3.8) is 0 Å². The zero-order valence-electron chi connectivity index (χ0n) is 15.8. The zero-order chi connectivity index (χ0) is 20.2. The van der Waals surface area contributed by atoms with Gasteiger partial charge in [0.05, 0.1) is 23.5 Å². The second-order valence-corrected chi connectivity index (χ2v) is 7.68. The van der Waals surface area contributed by atoms with Crippen molar-refractivity contribution in [2.75, 3.05) is 5.32 Å². The molecule has 2 aromatic carbocycles. The van der Waals surface area contributed by atoms with Gasteiger partial charge in [0, 0.05) is 23.1 Å². The van der Waals surface area contributed by atoms with Crippen molar-refractivity contribution in [2.45, 2.75) is 19.4 Å². The number of carbonyl (C=O) groups excluding carboxylic acids is 2. The highest BCUT2D eigenvalue weighted by molar-refractivity contribution is 7.10. The van der Waals surface area contributed by atoms with Crippen molar-refractivity contribution < 1.29 is 9.59 Å². The third-order valence-corrected chi connectivity index (χ3v) is 5.47. The van der Waals surface area contributed by atoms with Crippen molar-refractivity contribution in [2.24, 2.45) is 0 Å². The molecule has 0 radical (unpaired) electrons. The lowest BCUT2D eigenvalue weighted by Crippen LogP contribution is -2.29. The van der Waals surface area contributed by atoms with E-state index < -0.39 is 0 Å². The molecule has 0 fully saturated rings. The number of fused-ring (bicyclic) bond motifs is 1. The van der Waals surface area contributed by atoms with Crippen molar-refractivity contribution >= 4 is 39.9 Å². The van der Waals surface area contributed by atoms with Gasteiger partial charge in [-0.3, -0.25) is 9.59 Å². The molecule has 7 heteroatoms. The molecule has 1 unspecified atom stereocenters. The van der Waals surface area contributed by atoms with Crippen LogP contribution in [-0.2, 0) is 9.59 Å². The van der Waals surface area contributed by atoms with Crippen LogP contribution in [0.4, 0.5) is 5.69 Å². The summed E-state index contributed by atoms with van der Waals surface area (Å²) >= 11 is 1.52. The number of rotatable bonds is 6. The van der Waals surface area contributed by atoms with E-state index >= 15 is 0 Å². The minimum absolute atomic E-state index is 0.159. The molecule has 6 nitrogen and oxygen atoms in total. The van der Waals surface area contributed by atoms with Gasteiger partial charge in [-0.25, -0.2) is 4.98 Å². The van der Waals surface area contributed by atoms with Crippen LogP contribution in [0.3, 0.4) is 0 Å². The number of aromatic amines is 1. The summed E-state index contributed by atoms with van der Waals surface area (Å²) in [4.78, 5) is 32.8. The molecule has 2 amide bonds. The lowest BCUT2D eigenvalue weighted by atomic mass is 10.1. The molecule has 3 N–H and O–H groups in total. The second-order valence-electron chi connectivity index (χ2n) is 6.70. The fourth-order valence-electron chi connectivity index (χ4n) is 3.16. The molecule has 0 saturated heterocycles. The number of nitrogens with zero attached hydrogens (tertiary/aromatic N) is 1. The number of para-hydroxylation sites is 2. The first-order valence-corrected chi connectivity index (χ1v) is 10.1. The van der Waals surface area contributed by atoms with Gasteiger partial charge < -0.3 is 15.6 Å². The van der Waals surface area contributed by atoms with Crippen LogP contribution >= 0.6 is 11.3 Å². The summed E-state index contributed by atoms with van der Waals surface area (Å²) in [6.45, 7) is 1.45. The number of imidazole rings is 1. The van der Waals surface area contributed by atoms with Crippen LogP contribution in [0.1, 0.15) is 24.3 Å². The van der Waals surface area contributed by atoms with E-state index in [1.165, 1.54) is 18.3 Å². The topological polar surface area (TPSA) is 86.9 Å². The number of H-pyrrole nitrogens is 1. The average Bonchev–Trinajstić information content (AvgIpc) is 3.37. The van der Waals surface area contributed by atoms with Gasteiger partial charge in [0.25, 0.3) is 0 Å². The molecule has 2 aromatic heterocycles. The number of hydrogen-bond acceptors (Lipinski definition) is 4. The third kappa shape index (κ3) is 4.52. The van der Waals surface area contributed by atoms with Gasteiger partial charge in [-0.1, -0.05) is 18.2 Å². The molecule has 146 valence electrons. The van der Waals surface area contributed by atoms with E-state index in [4.69, 9.17) is 0 Å². The highest BCUT2D eigenvalue weighted by Crippen LogP contribution is 2.24. The molecule has 1 atom stereocenters. The molecule has 4 aromatic rings. The number of amides is 2. The van der Waals surface area contributed by atoms with E-state index in [1.807, 2.05) is 66.0 Å². The van der Waals surface area contributed by atoms with Crippen molar-refractivity contribution in [3.8, 4) is 11.4 Å². The second kappa shape index (κ2) is 8.28. The Labute approximate surface area is 172 Å². The Balaban J connectivity index is 1.43. The Bertz CT molecular complexity index is 1100. The molecule has 2 heterocycles. The molecule has 0 aliphatic heterocycles. The minimum Gasteiger partial charge on any atom is -0.348 e. The van der Waals surface area contributed by atoms with Gasteiger partial charge >= 0.3 is 0 Å². The summed E-state index contributed by atoms with van der Waals surface area (Å²) in [6.07, 6.45) is 0.172. The number of aromatic nitrogens is 2. The molecular weight excluding hydrogens is 384 g/mol. The smallest absolute Gasteiger partial charge is 0.226 e. The van der Waals surface area contributed by atoms with Gasteiger partial charge in [-0.05, 0) is 47.8 Å². The van der Waals surface area contributed by atoms with Gasteiger partial charge in [-0.2, -0.15) is 0 Å². The molecule has 0 saturated carbocycles. The molecule has 0 spiro atoms.